The van der Waals surface area contributed by atoms with Crippen molar-refractivity contribution in [1.29, 1.82) is 0 Å². The Bertz CT molecular complexity index is 320. The lowest BCUT2D eigenvalue weighted by atomic mass is 10.0. The molecule has 1 aliphatic rings. The first kappa shape index (κ1) is 11.2. The molecule has 88 valence electrons. The van der Waals surface area contributed by atoms with Crippen LogP contribution in [0.15, 0.2) is 24.3 Å². The average Bonchev–Trinajstić information content (AvgIpc) is 2.39. The van der Waals surface area contributed by atoms with Crippen molar-refractivity contribution in [1.82, 2.24) is 5.32 Å². The van der Waals surface area contributed by atoms with Crippen LogP contribution in [-0.4, -0.2) is 26.2 Å². The van der Waals surface area contributed by atoms with Crippen molar-refractivity contribution in [3.63, 3.8) is 0 Å². The average molecular weight is 223 g/mol. The van der Waals surface area contributed by atoms with Gasteiger partial charge in [-0.3, -0.25) is 0 Å². The lowest BCUT2D eigenvalue weighted by Crippen LogP contribution is -2.41. The summed E-state index contributed by atoms with van der Waals surface area (Å²) in [6, 6.07) is 8.00. The number of piperidine rings is 1. The highest BCUT2D eigenvalue weighted by Gasteiger charge is 2.17. The smallest absolute Gasteiger partial charge is 0.0657 e. The fourth-order valence-corrected chi connectivity index (χ4v) is 2.16. The molecule has 1 aromatic rings. The van der Waals surface area contributed by atoms with E-state index in [0.717, 1.165) is 18.8 Å². The molecule has 1 aliphatic heterocycles. The standard InChI is InChI=1S/C12H18FN3/c1-16(12-6-8-14-9-7-12)11-4-2-10(15-13)3-5-11/h2-5,12,14-15H,6-9H2,1H3. The Morgan fingerprint density at radius 2 is 1.88 bits per heavy atom. The Morgan fingerprint density at radius 1 is 1.25 bits per heavy atom. The largest absolute Gasteiger partial charge is 0.372 e. The molecule has 1 heterocycles. The van der Waals surface area contributed by atoms with Gasteiger partial charge < -0.3 is 10.2 Å². The van der Waals surface area contributed by atoms with Crippen LogP contribution < -0.4 is 15.8 Å². The van der Waals surface area contributed by atoms with E-state index in [9.17, 15) is 4.48 Å². The molecule has 2 N–H and O–H groups in total. The molecule has 0 saturated carbocycles. The van der Waals surface area contributed by atoms with Gasteiger partial charge in [0.25, 0.3) is 0 Å². The first-order valence-electron chi connectivity index (χ1n) is 5.71. The molecule has 0 atom stereocenters. The number of hydrogen-bond donors (Lipinski definition) is 2. The van der Waals surface area contributed by atoms with E-state index in [1.54, 1.807) is 17.7 Å². The molecular weight excluding hydrogens is 205 g/mol. The van der Waals surface area contributed by atoms with Crippen molar-refractivity contribution in [3.8, 4) is 0 Å². The number of benzene rings is 1. The molecule has 0 aromatic heterocycles. The lowest BCUT2D eigenvalue weighted by molar-refractivity contribution is 0.443. The molecule has 0 radical (unpaired) electrons. The lowest BCUT2D eigenvalue weighted by Gasteiger charge is -2.33. The minimum atomic E-state index is 0.502. The van der Waals surface area contributed by atoms with Gasteiger partial charge in [0, 0.05) is 18.8 Å². The SMILES string of the molecule is CN(c1ccc(NF)cc1)C1CCNCC1. The zero-order chi connectivity index (χ0) is 11.4. The van der Waals surface area contributed by atoms with Crippen molar-refractivity contribution in [2.24, 2.45) is 0 Å². The van der Waals surface area contributed by atoms with Gasteiger partial charge in [0.1, 0.15) is 0 Å². The first-order chi connectivity index (χ1) is 7.81. The topological polar surface area (TPSA) is 27.3 Å². The first-order valence-corrected chi connectivity index (χ1v) is 5.71. The van der Waals surface area contributed by atoms with E-state index in [1.165, 1.54) is 12.8 Å². The summed E-state index contributed by atoms with van der Waals surface area (Å²) in [6.45, 7) is 2.16. The maximum atomic E-state index is 12.1. The van der Waals surface area contributed by atoms with Gasteiger partial charge >= 0.3 is 0 Å². The number of hydrogen-bond acceptors (Lipinski definition) is 3. The van der Waals surface area contributed by atoms with E-state index in [1.807, 2.05) is 12.1 Å². The Hall–Kier alpha value is -1.29. The van der Waals surface area contributed by atoms with E-state index in [2.05, 4.69) is 17.3 Å². The van der Waals surface area contributed by atoms with Crippen LogP contribution in [-0.2, 0) is 0 Å². The second kappa shape index (κ2) is 5.16. The molecule has 0 bridgehead atoms. The predicted molar refractivity (Wildman–Crippen MR) is 65.5 cm³/mol. The third kappa shape index (κ3) is 2.44. The summed E-state index contributed by atoms with van der Waals surface area (Å²) >= 11 is 0. The molecular formula is C12H18FN3. The normalized spacial score (nSPS) is 17.1. The minimum Gasteiger partial charge on any atom is -0.372 e. The third-order valence-corrected chi connectivity index (χ3v) is 3.24. The Labute approximate surface area is 95.6 Å². The van der Waals surface area contributed by atoms with E-state index in [0.29, 0.717) is 11.7 Å². The van der Waals surface area contributed by atoms with Crippen molar-refractivity contribution in [3.05, 3.63) is 24.3 Å². The van der Waals surface area contributed by atoms with Crippen LogP contribution in [0.25, 0.3) is 0 Å². The minimum absolute atomic E-state index is 0.502. The molecule has 4 heteroatoms. The van der Waals surface area contributed by atoms with Crippen molar-refractivity contribution in [2.45, 2.75) is 18.9 Å². The van der Waals surface area contributed by atoms with Crippen LogP contribution >= 0.6 is 0 Å². The van der Waals surface area contributed by atoms with E-state index in [-0.39, 0.29) is 0 Å². The molecule has 0 amide bonds. The van der Waals surface area contributed by atoms with E-state index < -0.39 is 0 Å². The number of anilines is 2. The number of nitrogens with one attached hydrogen (secondary N) is 2. The number of nitrogens with zero attached hydrogens (tertiary/aromatic N) is 1. The van der Waals surface area contributed by atoms with Crippen molar-refractivity contribution >= 4 is 11.4 Å². The van der Waals surface area contributed by atoms with Gasteiger partial charge in [0.2, 0.25) is 0 Å². The second-order valence-electron chi connectivity index (χ2n) is 4.23. The van der Waals surface area contributed by atoms with Crippen LogP contribution in [0.3, 0.4) is 0 Å². The summed E-state index contributed by atoms with van der Waals surface area (Å²) in [5.41, 5.74) is 3.29. The van der Waals surface area contributed by atoms with Crippen LogP contribution in [0.2, 0.25) is 0 Å². The Kier molecular flexibility index (Phi) is 3.62. The van der Waals surface area contributed by atoms with Gasteiger partial charge in [-0.05, 0) is 50.2 Å². The fraction of sp³-hybridized carbons (Fsp3) is 0.500. The van der Waals surface area contributed by atoms with Gasteiger partial charge in [0.05, 0.1) is 5.69 Å². The summed E-state index contributed by atoms with van der Waals surface area (Å²) in [6.07, 6.45) is 2.33. The molecule has 1 fully saturated rings. The van der Waals surface area contributed by atoms with Crippen molar-refractivity contribution in [2.75, 3.05) is 30.6 Å². The highest BCUT2D eigenvalue weighted by atomic mass is 19.2. The zero-order valence-electron chi connectivity index (χ0n) is 9.54. The molecule has 16 heavy (non-hydrogen) atoms. The molecule has 0 unspecified atom stereocenters. The second-order valence-corrected chi connectivity index (χ2v) is 4.23. The summed E-state index contributed by atoms with van der Waals surface area (Å²) in [5, 5.41) is 3.35. The van der Waals surface area contributed by atoms with E-state index >= 15 is 0 Å². The predicted octanol–water partition coefficient (Wildman–Crippen LogP) is 2.17. The molecule has 1 saturated heterocycles. The highest BCUT2D eigenvalue weighted by Crippen LogP contribution is 2.21. The summed E-state index contributed by atoms with van der Waals surface area (Å²) in [7, 11) is 2.11. The summed E-state index contributed by atoms with van der Waals surface area (Å²) < 4.78 is 12.1. The fourth-order valence-electron chi connectivity index (χ4n) is 2.16. The van der Waals surface area contributed by atoms with Crippen LogP contribution in [0.5, 0.6) is 0 Å². The zero-order valence-corrected chi connectivity index (χ0v) is 9.54. The Balaban J connectivity index is 2.04. The molecule has 0 aliphatic carbocycles. The van der Waals surface area contributed by atoms with Gasteiger partial charge in [-0.15, -0.1) is 4.48 Å². The monoisotopic (exact) mass is 223 g/mol. The van der Waals surface area contributed by atoms with Gasteiger partial charge in [-0.2, -0.15) is 0 Å². The molecule has 1 aromatic carbocycles. The van der Waals surface area contributed by atoms with Gasteiger partial charge in [-0.1, -0.05) is 0 Å². The van der Waals surface area contributed by atoms with Crippen LogP contribution in [0, 0.1) is 0 Å². The number of rotatable bonds is 3. The molecule has 2 rings (SSSR count). The molecule has 0 spiro atoms. The highest BCUT2D eigenvalue weighted by molar-refractivity contribution is 5.54. The molecule has 3 nitrogen and oxygen atoms in total. The van der Waals surface area contributed by atoms with Crippen LogP contribution in [0.4, 0.5) is 15.9 Å². The van der Waals surface area contributed by atoms with Crippen LogP contribution in [0.1, 0.15) is 12.8 Å². The van der Waals surface area contributed by atoms with Gasteiger partial charge in [0.15, 0.2) is 0 Å². The number of halogens is 1. The summed E-state index contributed by atoms with van der Waals surface area (Å²) in [5.74, 6) is 0. The summed E-state index contributed by atoms with van der Waals surface area (Å²) in [4.78, 5) is 2.28. The Morgan fingerprint density at radius 3 is 2.44 bits per heavy atom. The van der Waals surface area contributed by atoms with Crippen molar-refractivity contribution < 1.29 is 4.48 Å². The maximum Gasteiger partial charge on any atom is 0.0657 e. The third-order valence-electron chi connectivity index (χ3n) is 3.24. The quantitative estimate of drug-likeness (QED) is 0.769. The van der Waals surface area contributed by atoms with Gasteiger partial charge in [-0.25, -0.2) is 5.54 Å². The maximum absolute atomic E-state index is 12.1. The van der Waals surface area contributed by atoms with E-state index in [4.69, 9.17) is 0 Å².